The van der Waals surface area contributed by atoms with E-state index in [-0.39, 0.29) is 24.2 Å². The number of rotatable bonds is 12. The van der Waals surface area contributed by atoms with Crippen LogP contribution in [0.1, 0.15) is 33.6 Å². The zero-order valence-corrected chi connectivity index (χ0v) is 15.9. The monoisotopic (exact) mass is 372 g/mol. The van der Waals surface area contributed by atoms with E-state index in [0.717, 1.165) is 0 Å². The van der Waals surface area contributed by atoms with Crippen molar-refractivity contribution in [2.75, 3.05) is 20.1 Å². The second-order valence-electron chi connectivity index (χ2n) is 6.41. The van der Waals surface area contributed by atoms with Gasteiger partial charge in [-0.25, -0.2) is 4.79 Å². The molecule has 0 saturated heterocycles. The molecule has 0 aromatic rings. The van der Waals surface area contributed by atoms with E-state index in [1.807, 2.05) is 0 Å². The summed E-state index contributed by atoms with van der Waals surface area (Å²) in [5.41, 5.74) is 10.5. The Morgan fingerprint density at radius 2 is 1.62 bits per heavy atom. The van der Waals surface area contributed by atoms with E-state index in [9.17, 15) is 19.2 Å². The average molecular weight is 372 g/mol. The first-order valence-electron chi connectivity index (χ1n) is 8.65. The number of Topliss-reactive ketones (excluding diaryl/α,β-unsaturated/α-hetero) is 1. The summed E-state index contributed by atoms with van der Waals surface area (Å²) in [4.78, 5) is 47.2. The van der Waals surface area contributed by atoms with Gasteiger partial charge in [-0.2, -0.15) is 0 Å². The first-order valence-corrected chi connectivity index (χ1v) is 8.65. The molecule has 26 heavy (non-hydrogen) atoms. The minimum atomic E-state index is -0.796. The summed E-state index contributed by atoms with van der Waals surface area (Å²) in [5, 5.41) is 10.5. The van der Waals surface area contributed by atoms with Crippen LogP contribution < -0.4 is 32.7 Å². The third-order valence-corrected chi connectivity index (χ3v) is 3.92. The van der Waals surface area contributed by atoms with Gasteiger partial charge in [0.15, 0.2) is 5.78 Å². The third-order valence-electron chi connectivity index (χ3n) is 3.92. The van der Waals surface area contributed by atoms with Crippen LogP contribution in [0.25, 0.3) is 0 Å². The summed E-state index contributed by atoms with van der Waals surface area (Å²) in [6.07, 6.45) is 0.823. The van der Waals surface area contributed by atoms with E-state index in [2.05, 4.69) is 21.3 Å². The Bertz CT molecular complexity index is 493. The quantitative estimate of drug-likeness (QED) is 0.221. The van der Waals surface area contributed by atoms with Crippen LogP contribution in [-0.4, -0.2) is 61.9 Å². The van der Waals surface area contributed by atoms with Crippen molar-refractivity contribution in [1.82, 2.24) is 21.3 Å². The molecule has 0 fully saturated rings. The minimum Gasteiger partial charge on any atom is -0.352 e. The number of amides is 4. The van der Waals surface area contributed by atoms with Crippen molar-refractivity contribution in [3.63, 3.8) is 0 Å². The lowest BCUT2D eigenvalue weighted by Crippen LogP contribution is -2.57. The highest BCUT2D eigenvalue weighted by molar-refractivity contribution is 5.93. The van der Waals surface area contributed by atoms with E-state index < -0.39 is 30.1 Å². The van der Waals surface area contributed by atoms with Gasteiger partial charge in [0, 0.05) is 13.1 Å². The van der Waals surface area contributed by atoms with Gasteiger partial charge in [-0.3, -0.25) is 14.4 Å². The lowest BCUT2D eigenvalue weighted by molar-refractivity contribution is -0.132. The number of carbonyl (C=O) groups is 4. The molecule has 0 spiro atoms. The van der Waals surface area contributed by atoms with Crippen molar-refractivity contribution in [2.45, 2.75) is 51.7 Å². The predicted molar refractivity (Wildman–Crippen MR) is 98.1 cm³/mol. The Hall–Kier alpha value is -2.20. The standard InChI is InChI=1S/C16H32N6O4/c1-9(2)13(22-14(24)12(8-17)19-4)15(25)21-11(10(3)23)6-5-7-20-16(18)26/h9,11-13,19H,5-8,17H2,1-4H3,(H,21,25)(H,22,24)(H3,18,20,26)/t11-,12-,13-/m0/s1. The molecule has 0 aliphatic carbocycles. The van der Waals surface area contributed by atoms with E-state index in [1.54, 1.807) is 20.9 Å². The van der Waals surface area contributed by atoms with Gasteiger partial charge in [0.1, 0.15) is 6.04 Å². The van der Waals surface area contributed by atoms with Gasteiger partial charge in [0.2, 0.25) is 11.8 Å². The van der Waals surface area contributed by atoms with E-state index in [4.69, 9.17) is 11.5 Å². The zero-order valence-electron chi connectivity index (χ0n) is 15.9. The maximum absolute atomic E-state index is 12.6. The zero-order chi connectivity index (χ0) is 20.3. The molecule has 10 heteroatoms. The number of hydrogen-bond donors (Lipinski definition) is 6. The van der Waals surface area contributed by atoms with Crippen LogP contribution in [0.3, 0.4) is 0 Å². The van der Waals surface area contributed by atoms with Crippen LogP contribution in [0.15, 0.2) is 0 Å². The van der Waals surface area contributed by atoms with Crippen LogP contribution in [0, 0.1) is 5.92 Å². The molecule has 0 aliphatic heterocycles. The summed E-state index contributed by atoms with van der Waals surface area (Å²) in [7, 11) is 1.60. The Morgan fingerprint density at radius 1 is 1.00 bits per heavy atom. The van der Waals surface area contributed by atoms with Gasteiger partial charge in [-0.15, -0.1) is 0 Å². The molecule has 0 heterocycles. The molecule has 0 aliphatic rings. The minimum absolute atomic E-state index is 0.0949. The summed E-state index contributed by atoms with van der Waals surface area (Å²) >= 11 is 0. The second kappa shape index (κ2) is 12.2. The first kappa shape index (κ1) is 23.8. The Kier molecular flexibility index (Phi) is 11.2. The van der Waals surface area contributed by atoms with Crippen LogP contribution >= 0.6 is 0 Å². The van der Waals surface area contributed by atoms with Crippen molar-refractivity contribution in [3.8, 4) is 0 Å². The number of nitrogens with one attached hydrogen (secondary N) is 4. The maximum atomic E-state index is 12.6. The van der Waals surface area contributed by atoms with Gasteiger partial charge in [0.25, 0.3) is 0 Å². The molecule has 150 valence electrons. The van der Waals surface area contributed by atoms with Gasteiger partial charge in [0.05, 0.1) is 12.1 Å². The molecule has 0 rings (SSSR count). The number of likely N-dealkylation sites (N-methyl/N-ethyl adjacent to an activating group) is 1. The van der Waals surface area contributed by atoms with E-state index in [0.29, 0.717) is 19.4 Å². The molecule has 0 unspecified atom stereocenters. The Labute approximate surface area is 154 Å². The molecular formula is C16H32N6O4. The number of hydrogen-bond acceptors (Lipinski definition) is 6. The molecule has 0 aromatic heterocycles. The Balaban J connectivity index is 4.84. The predicted octanol–water partition coefficient (Wildman–Crippen LogP) is -1.80. The second-order valence-corrected chi connectivity index (χ2v) is 6.41. The van der Waals surface area contributed by atoms with Gasteiger partial charge < -0.3 is 32.7 Å². The maximum Gasteiger partial charge on any atom is 0.312 e. The summed E-state index contributed by atoms with van der Waals surface area (Å²) < 4.78 is 0. The average Bonchev–Trinajstić information content (AvgIpc) is 2.55. The first-order chi connectivity index (χ1) is 12.1. The number of carbonyl (C=O) groups excluding carboxylic acids is 4. The van der Waals surface area contributed by atoms with Crippen LogP contribution in [-0.2, 0) is 14.4 Å². The summed E-state index contributed by atoms with van der Waals surface area (Å²) in [5.74, 6) is -1.21. The fourth-order valence-corrected chi connectivity index (χ4v) is 2.30. The van der Waals surface area contributed by atoms with E-state index in [1.165, 1.54) is 6.92 Å². The normalized spacial score (nSPS) is 14.2. The number of nitrogens with two attached hydrogens (primary N) is 2. The number of ketones is 1. The molecule has 4 amide bonds. The van der Waals surface area contributed by atoms with Crippen molar-refractivity contribution in [1.29, 1.82) is 0 Å². The number of urea groups is 1. The molecule has 3 atom stereocenters. The van der Waals surface area contributed by atoms with Gasteiger partial charge in [-0.05, 0) is 32.7 Å². The molecular weight excluding hydrogens is 340 g/mol. The van der Waals surface area contributed by atoms with Crippen molar-refractivity contribution in [2.24, 2.45) is 17.4 Å². The smallest absolute Gasteiger partial charge is 0.312 e. The van der Waals surface area contributed by atoms with Crippen LogP contribution in [0.5, 0.6) is 0 Å². The Morgan fingerprint density at radius 3 is 2.04 bits per heavy atom. The fourth-order valence-electron chi connectivity index (χ4n) is 2.30. The highest BCUT2D eigenvalue weighted by Gasteiger charge is 2.29. The molecule has 0 bridgehead atoms. The molecule has 0 aromatic carbocycles. The summed E-state index contributed by atoms with van der Waals surface area (Å²) in [6, 6.07) is -2.75. The van der Waals surface area contributed by atoms with Crippen LogP contribution in [0.2, 0.25) is 0 Å². The van der Waals surface area contributed by atoms with Gasteiger partial charge >= 0.3 is 6.03 Å². The fraction of sp³-hybridized carbons (Fsp3) is 0.750. The topological polar surface area (TPSA) is 168 Å². The summed E-state index contributed by atoms with van der Waals surface area (Å²) in [6.45, 7) is 5.36. The molecule has 10 nitrogen and oxygen atoms in total. The third kappa shape index (κ3) is 8.77. The highest BCUT2D eigenvalue weighted by Crippen LogP contribution is 2.05. The molecule has 8 N–H and O–H groups in total. The molecule has 0 radical (unpaired) electrons. The largest absolute Gasteiger partial charge is 0.352 e. The van der Waals surface area contributed by atoms with Crippen molar-refractivity contribution < 1.29 is 19.2 Å². The van der Waals surface area contributed by atoms with E-state index >= 15 is 0 Å². The number of primary amides is 1. The lowest BCUT2D eigenvalue weighted by atomic mass is 10.0. The highest BCUT2D eigenvalue weighted by atomic mass is 16.2. The van der Waals surface area contributed by atoms with Crippen molar-refractivity contribution >= 4 is 23.6 Å². The molecule has 0 saturated carbocycles. The van der Waals surface area contributed by atoms with Crippen LogP contribution in [0.4, 0.5) is 4.79 Å². The van der Waals surface area contributed by atoms with Gasteiger partial charge in [-0.1, -0.05) is 13.8 Å². The SMILES string of the molecule is CN[C@@H](CN)C(=O)N[C@H](C(=O)N[C@@H](CCCNC(N)=O)C(C)=O)C(C)C. The lowest BCUT2D eigenvalue weighted by Gasteiger charge is -2.26. The van der Waals surface area contributed by atoms with Crippen molar-refractivity contribution in [3.05, 3.63) is 0 Å².